The molecule has 3 saturated carbocycles. The Hall–Kier alpha value is -0.560. The zero-order chi connectivity index (χ0) is 24.0. The number of hydrogen-bond donors (Lipinski definition) is 10. The van der Waals surface area contributed by atoms with E-state index in [-0.39, 0.29) is 13.0 Å². The highest BCUT2D eigenvalue weighted by atomic mass is 16.7. The van der Waals surface area contributed by atoms with E-state index in [1.54, 1.807) is 0 Å². The minimum absolute atomic E-state index is 0.0409. The molecule has 0 aromatic rings. The fourth-order valence-corrected chi connectivity index (χ4v) is 6.11. The molecule has 16 atom stereocenters. The Labute approximate surface area is 189 Å². The highest BCUT2D eigenvalue weighted by Crippen LogP contribution is 2.61. The predicted octanol–water partition coefficient (Wildman–Crippen LogP) is -6.65. The molecule has 0 amide bonds. The molecule has 2 saturated heterocycles. The maximum atomic E-state index is 10.8. The standard InChI is InChI=1S/C19H34N4O10/c20-2-5-12(26)13(27)17(30-5)32-15-9-11(25)4(21)1-6(22)19(9,15)33-16-10(23)8-14(28)18(8,29)7(3-24)31-16/h4-17,24-29H,1-3,20-23H2/t4-,5-,6?,7?,8?,9?,10?,11?,12?,13?,14?,15?,16-,17+,18?,19-/m1/s1. The lowest BCUT2D eigenvalue weighted by atomic mass is 9.87. The molecule has 3 aliphatic carbocycles. The summed E-state index contributed by atoms with van der Waals surface area (Å²) < 4.78 is 23.4. The predicted molar refractivity (Wildman–Crippen MR) is 107 cm³/mol. The summed E-state index contributed by atoms with van der Waals surface area (Å²) in [5.74, 6) is -1.51. The first-order valence-electron chi connectivity index (χ1n) is 11.2. The molecule has 0 spiro atoms. The highest BCUT2D eigenvalue weighted by Gasteiger charge is 2.80. The first kappa shape index (κ1) is 24.1. The van der Waals surface area contributed by atoms with Gasteiger partial charge in [-0.25, -0.2) is 0 Å². The summed E-state index contributed by atoms with van der Waals surface area (Å²) in [6.45, 7) is -0.617. The van der Waals surface area contributed by atoms with Crippen molar-refractivity contribution < 1.29 is 49.6 Å². The van der Waals surface area contributed by atoms with Gasteiger partial charge in [0.25, 0.3) is 0 Å². The quantitative estimate of drug-likeness (QED) is 0.170. The molecule has 5 fully saturated rings. The SMILES string of the molecule is NC[C@H]1O[C@@H](OC2C3C(O)[C@H](N)CC(N)[C@]23O[C@H]2OC(CO)C3(O)C(O)C3C2N)C(O)C1O. The van der Waals surface area contributed by atoms with Crippen molar-refractivity contribution in [3.05, 3.63) is 0 Å². The van der Waals surface area contributed by atoms with Crippen molar-refractivity contribution in [1.29, 1.82) is 0 Å². The molecule has 14 nitrogen and oxygen atoms in total. The summed E-state index contributed by atoms with van der Waals surface area (Å²) >= 11 is 0. The summed E-state index contributed by atoms with van der Waals surface area (Å²) in [5.41, 5.74) is 21.2. The van der Waals surface area contributed by atoms with Gasteiger partial charge in [0, 0.05) is 30.5 Å². The van der Waals surface area contributed by atoms with Gasteiger partial charge in [-0.1, -0.05) is 0 Å². The minimum atomic E-state index is -1.67. The maximum absolute atomic E-state index is 10.8. The van der Waals surface area contributed by atoms with Gasteiger partial charge >= 0.3 is 0 Å². The van der Waals surface area contributed by atoms with Gasteiger partial charge in [-0.3, -0.25) is 0 Å². The van der Waals surface area contributed by atoms with E-state index in [0.29, 0.717) is 0 Å². The molecule has 0 aromatic carbocycles. The second-order valence-corrected chi connectivity index (χ2v) is 9.92. The van der Waals surface area contributed by atoms with E-state index in [4.69, 9.17) is 41.9 Å². The van der Waals surface area contributed by atoms with Gasteiger partial charge in [-0.05, 0) is 6.42 Å². The Balaban J connectivity index is 1.38. The van der Waals surface area contributed by atoms with Crippen LogP contribution in [0.4, 0.5) is 0 Å². The number of rotatable bonds is 6. The van der Waals surface area contributed by atoms with Crippen molar-refractivity contribution in [2.24, 2.45) is 34.8 Å². The van der Waals surface area contributed by atoms with Crippen molar-refractivity contribution >= 4 is 0 Å². The van der Waals surface area contributed by atoms with Gasteiger partial charge in [0.1, 0.15) is 41.7 Å². The molecule has 11 unspecified atom stereocenters. The molecule has 14 heteroatoms. The summed E-state index contributed by atoms with van der Waals surface area (Å²) in [7, 11) is 0. The van der Waals surface area contributed by atoms with Crippen LogP contribution in [0.3, 0.4) is 0 Å². The van der Waals surface area contributed by atoms with Crippen LogP contribution in [-0.2, 0) is 18.9 Å². The van der Waals surface area contributed by atoms with Gasteiger partial charge in [0.15, 0.2) is 12.6 Å². The molecule has 14 N–H and O–H groups in total. The zero-order valence-electron chi connectivity index (χ0n) is 17.8. The van der Waals surface area contributed by atoms with Crippen LogP contribution in [0.1, 0.15) is 6.42 Å². The maximum Gasteiger partial charge on any atom is 0.187 e. The van der Waals surface area contributed by atoms with Gasteiger partial charge in [0.05, 0.1) is 24.9 Å². The average Bonchev–Trinajstić information content (AvgIpc) is 3.56. The topological polar surface area (TPSA) is 262 Å². The molecule has 5 aliphatic rings. The van der Waals surface area contributed by atoms with Crippen molar-refractivity contribution in [2.75, 3.05) is 13.2 Å². The fraction of sp³-hybridized carbons (Fsp3) is 1.00. The normalized spacial score (nSPS) is 62.0. The van der Waals surface area contributed by atoms with Crippen LogP contribution < -0.4 is 22.9 Å². The van der Waals surface area contributed by atoms with Crippen LogP contribution in [-0.4, -0.2) is 128 Å². The van der Waals surface area contributed by atoms with E-state index in [0.717, 1.165) is 0 Å². The summed E-state index contributed by atoms with van der Waals surface area (Å²) in [4.78, 5) is 0. The van der Waals surface area contributed by atoms with Crippen LogP contribution in [0.5, 0.6) is 0 Å². The minimum Gasteiger partial charge on any atom is -0.394 e. The Morgan fingerprint density at radius 3 is 2.24 bits per heavy atom. The molecule has 33 heavy (non-hydrogen) atoms. The Morgan fingerprint density at radius 1 is 0.939 bits per heavy atom. The lowest BCUT2D eigenvalue weighted by Gasteiger charge is -2.41. The molecule has 2 heterocycles. The van der Waals surface area contributed by atoms with Crippen LogP contribution in [0, 0.1) is 11.8 Å². The Kier molecular flexibility index (Phi) is 5.84. The fourth-order valence-electron chi connectivity index (χ4n) is 6.11. The smallest absolute Gasteiger partial charge is 0.187 e. The third-order valence-electron chi connectivity index (χ3n) is 8.19. The highest BCUT2D eigenvalue weighted by molar-refractivity contribution is 5.29. The van der Waals surface area contributed by atoms with Crippen LogP contribution >= 0.6 is 0 Å². The average molecular weight is 478 g/mol. The molecule has 2 aliphatic heterocycles. The van der Waals surface area contributed by atoms with E-state index in [1.807, 2.05) is 0 Å². The van der Waals surface area contributed by atoms with Crippen molar-refractivity contribution in [3.63, 3.8) is 0 Å². The van der Waals surface area contributed by atoms with E-state index in [1.165, 1.54) is 0 Å². The van der Waals surface area contributed by atoms with E-state index < -0.39 is 103 Å². The molecule has 0 aromatic heterocycles. The third kappa shape index (κ3) is 3.19. The van der Waals surface area contributed by atoms with E-state index in [2.05, 4.69) is 0 Å². The first-order valence-corrected chi connectivity index (χ1v) is 11.2. The van der Waals surface area contributed by atoms with Crippen molar-refractivity contribution in [3.8, 4) is 0 Å². The van der Waals surface area contributed by atoms with Crippen LogP contribution in [0.15, 0.2) is 0 Å². The molecule has 190 valence electrons. The number of ether oxygens (including phenoxy) is 4. The third-order valence-corrected chi connectivity index (χ3v) is 8.19. The van der Waals surface area contributed by atoms with Gasteiger partial charge < -0.3 is 72.5 Å². The molecular weight excluding hydrogens is 444 g/mol. The summed E-state index contributed by atoms with van der Waals surface area (Å²) in [5, 5.41) is 61.6. The molecular formula is C19H34N4O10. The number of hydrogen-bond acceptors (Lipinski definition) is 14. The zero-order valence-corrected chi connectivity index (χ0v) is 17.8. The first-order chi connectivity index (χ1) is 15.5. The lowest BCUT2D eigenvalue weighted by Crippen LogP contribution is -2.61. The number of aliphatic hydroxyl groups excluding tert-OH is 5. The lowest BCUT2D eigenvalue weighted by molar-refractivity contribution is -0.278. The second-order valence-electron chi connectivity index (χ2n) is 9.92. The van der Waals surface area contributed by atoms with Gasteiger partial charge in [0.2, 0.25) is 0 Å². The largest absolute Gasteiger partial charge is 0.394 e. The number of fused-ring (bicyclic) bond motifs is 2. The van der Waals surface area contributed by atoms with E-state index in [9.17, 15) is 30.6 Å². The molecule has 5 rings (SSSR count). The van der Waals surface area contributed by atoms with E-state index >= 15 is 0 Å². The number of aliphatic hydroxyl groups is 6. The summed E-state index contributed by atoms with van der Waals surface area (Å²) in [6, 6.07) is -2.35. The Morgan fingerprint density at radius 2 is 1.64 bits per heavy atom. The Bertz CT molecular complexity index is 764. The van der Waals surface area contributed by atoms with Crippen molar-refractivity contribution in [1.82, 2.24) is 0 Å². The van der Waals surface area contributed by atoms with Crippen LogP contribution in [0.2, 0.25) is 0 Å². The van der Waals surface area contributed by atoms with Crippen molar-refractivity contribution in [2.45, 2.75) is 91.1 Å². The number of nitrogens with two attached hydrogens (primary N) is 4. The second kappa shape index (κ2) is 7.97. The monoisotopic (exact) mass is 478 g/mol. The summed E-state index contributed by atoms with van der Waals surface area (Å²) in [6.07, 6.45) is -10.0. The van der Waals surface area contributed by atoms with Crippen LogP contribution in [0.25, 0.3) is 0 Å². The van der Waals surface area contributed by atoms with Gasteiger partial charge in [-0.15, -0.1) is 0 Å². The molecule has 0 radical (unpaired) electrons. The molecule has 0 bridgehead atoms. The van der Waals surface area contributed by atoms with Gasteiger partial charge in [-0.2, -0.15) is 0 Å².